The summed E-state index contributed by atoms with van der Waals surface area (Å²) in [6, 6.07) is 7.62. The van der Waals surface area contributed by atoms with Crippen LogP contribution in [0.2, 0.25) is 0 Å². The number of sulfonamides is 1. The summed E-state index contributed by atoms with van der Waals surface area (Å²) in [6.45, 7) is 7.56. The Bertz CT molecular complexity index is 1540. The summed E-state index contributed by atoms with van der Waals surface area (Å²) in [6.07, 6.45) is 9.45. The van der Waals surface area contributed by atoms with E-state index in [0.29, 0.717) is 63.0 Å². The van der Waals surface area contributed by atoms with Crippen LogP contribution in [0.5, 0.6) is 0 Å². The lowest BCUT2D eigenvalue weighted by Gasteiger charge is -2.60. The van der Waals surface area contributed by atoms with Gasteiger partial charge in [-0.15, -0.1) is 0 Å². The molecule has 0 spiro atoms. The van der Waals surface area contributed by atoms with E-state index in [-0.39, 0.29) is 41.6 Å². The van der Waals surface area contributed by atoms with Gasteiger partial charge in [0.15, 0.2) is 5.95 Å². The molecule has 7 atom stereocenters. The fourth-order valence-corrected chi connectivity index (χ4v) is 9.66. The van der Waals surface area contributed by atoms with Crippen LogP contribution < -0.4 is 15.8 Å². The predicted molar refractivity (Wildman–Crippen MR) is 184 cm³/mol. The van der Waals surface area contributed by atoms with Gasteiger partial charge in [0.1, 0.15) is 12.1 Å². The molecule has 262 valence electrons. The SMILES string of the molecule is CCCCS(=O)(=O)N[C@H](Cc1ccccc1)C(=O)N1CCC[C@H]1C(=O)N[C@@H](CCCn1ccnc1N)B1OC2CC3CC(C2O1)C3(C)C. The van der Waals surface area contributed by atoms with Gasteiger partial charge in [0.2, 0.25) is 21.8 Å². The van der Waals surface area contributed by atoms with Crippen molar-refractivity contribution < 1.29 is 27.3 Å². The first kappa shape index (κ1) is 34.9. The third kappa shape index (κ3) is 7.46. The zero-order valence-electron chi connectivity index (χ0n) is 28.4. The molecule has 3 aliphatic carbocycles. The molecule has 0 radical (unpaired) electrons. The summed E-state index contributed by atoms with van der Waals surface area (Å²) in [5.74, 6) is 0.340. The second kappa shape index (κ2) is 14.5. The normalized spacial score (nSPS) is 27.3. The van der Waals surface area contributed by atoms with E-state index in [2.05, 4.69) is 28.9 Å². The molecule has 2 saturated heterocycles. The summed E-state index contributed by atoms with van der Waals surface area (Å²) in [5, 5.41) is 3.23. The summed E-state index contributed by atoms with van der Waals surface area (Å²) >= 11 is 0. The molecule has 2 aliphatic heterocycles. The summed E-state index contributed by atoms with van der Waals surface area (Å²) in [7, 11) is -4.30. The van der Waals surface area contributed by atoms with E-state index in [9.17, 15) is 18.0 Å². The number of nitrogens with one attached hydrogen (secondary N) is 2. The zero-order chi connectivity index (χ0) is 34.1. The van der Waals surface area contributed by atoms with E-state index in [1.165, 1.54) is 0 Å². The van der Waals surface area contributed by atoms with Crippen LogP contribution in [0.25, 0.3) is 0 Å². The summed E-state index contributed by atoms with van der Waals surface area (Å²) in [4.78, 5) is 33.9. The maximum Gasteiger partial charge on any atom is 0.481 e. The number of unbranched alkanes of at least 4 members (excludes halogenated alkanes) is 1. The highest BCUT2D eigenvalue weighted by Crippen LogP contribution is 2.61. The van der Waals surface area contributed by atoms with E-state index < -0.39 is 35.2 Å². The van der Waals surface area contributed by atoms with E-state index in [1.807, 2.05) is 48.0 Å². The molecule has 4 unspecified atom stereocenters. The van der Waals surface area contributed by atoms with Crippen LogP contribution >= 0.6 is 0 Å². The van der Waals surface area contributed by atoms with Gasteiger partial charge < -0.3 is 29.8 Å². The number of hydrogen-bond acceptors (Lipinski definition) is 8. The Morgan fingerprint density at radius 2 is 1.96 bits per heavy atom. The van der Waals surface area contributed by atoms with Gasteiger partial charge in [0.05, 0.1) is 23.9 Å². The fraction of sp³-hybridized carbons (Fsp3) is 0.676. The number of rotatable bonds is 15. The Kier molecular flexibility index (Phi) is 10.5. The Balaban J connectivity index is 1.17. The first-order valence-electron chi connectivity index (χ1n) is 17.7. The van der Waals surface area contributed by atoms with Crippen molar-refractivity contribution in [1.82, 2.24) is 24.5 Å². The van der Waals surface area contributed by atoms with Crippen LogP contribution in [-0.2, 0) is 41.9 Å². The second-order valence-corrected chi connectivity index (χ2v) is 16.6. The van der Waals surface area contributed by atoms with Gasteiger partial charge in [-0.05, 0) is 74.2 Å². The molecule has 5 aliphatic rings. The molecule has 2 bridgehead atoms. The second-order valence-electron chi connectivity index (χ2n) is 14.7. The highest BCUT2D eigenvalue weighted by atomic mass is 32.2. The van der Waals surface area contributed by atoms with E-state index in [4.69, 9.17) is 15.0 Å². The first-order valence-corrected chi connectivity index (χ1v) is 19.3. The molecule has 4 N–H and O–H groups in total. The topological polar surface area (TPSA) is 158 Å². The molecule has 12 nitrogen and oxygen atoms in total. The molecule has 2 aromatic rings. The summed E-state index contributed by atoms with van der Waals surface area (Å²) < 4.78 is 43.7. The van der Waals surface area contributed by atoms with Crippen molar-refractivity contribution in [3.05, 3.63) is 48.3 Å². The molecule has 2 amide bonds. The standard InChI is InChI=1S/C34H51BN6O6S/c1-4-5-19-48(44,45)39-26(20-23-11-7-6-8-12-23)32(43)41-17-9-13-27(41)31(42)38-29(14-10-16-40-18-15-37-33(40)36)35-46-28-22-24-21-25(30(28)47-35)34(24,2)3/h6-8,11-12,15,18,24-30,39H,4-5,9-10,13-14,16-17,19-22H2,1-3H3,(H2,36,37)(H,38,42)/t24?,25?,26-,27+,28?,29+,30?/m1/s1. The lowest BCUT2D eigenvalue weighted by molar-refractivity contribution is -0.150. The number of carbonyl (C=O) groups is 2. The molecule has 3 heterocycles. The minimum absolute atomic E-state index is 0.00253. The quantitative estimate of drug-likeness (QED) is 0.242. The van der Waals surface area contributed by atoms with Crippen LogP contribution in [0.3, 0.4) is 0 Å². The molecular formula is C34H51BN6O6S. The number of aryl methyl sites for hydroxylation is 1. The number of hydrogen-bond donors (Lipinski definition) is 3. The highest BCUT2D eigenvalue weighted by molar-refractivity contribution is 7.89. The van der Waals surface area contributed by atoms with Crippen LogP contribution in [0.1, 0.15) is 77.7 Å². The van der Waals surface area contributed by atoms with Crippen LogP contribution in [0.15, 0.2) is 42.7 Å². The summed E-state index contributed by atoms with van der Waals surface area (Å²) in [5.41, 5.74) is 7.06. The van der Waals surface area contributed by atoms with Gasteiger partial charge in [-0.3, -0.25) is 9.59 Å². The number of amides is 2. The molecule has 7 rings (SSSR count). The zero-order valence-corrected chi connectivity index (χ0v) is 29.2. The number of aromatic nitrogens is 2. The fourth-order valence-electron chi connectivity index (χ4n) is 8.26. The molecule has 14 heteroatoms. The van der Waals surface area contributed by atoms with Gasteiger partial charge in [0, 0.05) is 25.5 Å². The monoisotopic (exact) mass is 682 g/mol. The van der Waals surface area contributed by atoms with Crippen molar-refractivity contribution in [2.24, 2.45) is 17.3 Å². The average Bonchev–Trinajstić information content (AvgIpc) is 3.83. The number of nitrogens with zero attached hydrogens (tertiary/aromatic N) is 3. The van der Waals surface area contributed by atoms with Crippen LogP contribution in [0, 0.1) is 17.3 Å². The Labute approximate surface area is 285 Å². The van der Waals surface area contributed by atoms with Crippen molar-refractivity contribution in [1.29, 1.82) is 0 Å². The number of nitrogens with two attached hydrogens (primary N) is 1. The van der Waals surface area contributed by atoms with Crippen molar-refractivity contribution in [3.8, 4) is 0 Å². The Morgan fingerprint density at radius 3 is 2.67 bits per heavy atom. The average molecular weight is 683 g/mol. The van der Waals surface area contributed by atoms with Gasteiger partial charge in [-0.2, -0.15) is 0 Å². The number of carbonyl (C=O) groups excluding carboxylic acids is 2. The maximum atomic E-state index is 14.1. The number of benzene rings is 1. The Hall–Kier alpha value is -2.94. The third-order valence-corrected chi connectivity index (χ3v) is 12.7. The van der Waals surface area contributed by atoms with Crippen LogP contribution in [0.4, 0.5) is 5.95 Å². The molecule has 1 aromatic heterocycles. The van der Waals surface area contributed by atoms with Gasteiger partial charge in [-0.25, -0.2) is 18.1 Å². The molecule has 1 aromatic carbocycles. The lowest BCUT2D eigenvalue weighted by atomic mass is 9.47. The Morgan fingerprint density at radius 1 is 1.17 bits per heavy atom. The van der Waals surface area contributed by atoms with Crippen molar-refractivity contribution in [2.45, 2.75) is 115 Å². The molecule has 3 saturated carbocycles. The minimum atomic E-state index is -3.70. The minimum Gasteiger partial charge on any atom is -0.404 e. The molecule has 5 fully saturated rings. The smallest absolute Gasteiger partial charge is 0.404 e. The van der Waals surface area contributed by atoms with Crippen LogP contribution in [-0.4, -0.2) is 84.3 Å². The number of likely N-dealkylation sites (tertiary alicyclic amines) is 1. The third-order valence-electron chi connectivity index (χ3n) is 11.3. The molecular weight excluding hydrogens is 631 g/mol. The van der Waals surface area contributed by atoms with Crippen molar-refractivity contribution >= 4 is 34.9 Å². The van der Waals surface area contributed by atoms with Crippen molar-refractivity contribution in [3.63, 3.8) is 0 Å². The number of imidazole rings is 1. The maximum absolute atomic E-state index is 14.1. The van der Waals surface area contributed by atoms with Gasteiger partial charge in [-0.1, -0.05) is 57.5 Å². The largest absolute Gasteiger partial charge is 0.481 e. The first-order chi connectivity index (χ1) is 23.0. The van der Waals surface area contributed by atoms with Gasteiger partial charge >= 0.3 is 7.12 Å². The van der Waals surface area contributed by atoms with Crippen molar-refractivity contribution in [2.75, 3.05) is 18.0 Å². The highest BCUT2D eigenvalue weighted by Gasteiger charge is 2.62. The number of nitrogen functional groups attached to an aromatic ring is 1. The lowest BCUT2D eigenvalue weighted by Crippen LogP contribution is -2.59. The van der Waals surface area contributed by atoms with E-state index in [1.54, 1.807) is 11.1 Å². The van der Waals surface area contributed by atoms with E-state index >= 15 is 0 Å². The van der Waals surface area contributed by atoms with Gasteiger partial charge in [0.25, 0.3) is 0 Å². The predicted octanol–water partition coefficient (Wildman–Crippen LogP) is 2.93. The van der Waals surface area contributed by atoms with E-state index in [0.717, 1.165) is 24.8 Å². The molecule has 48 heavy (non-hydrogen) atoms. The number of anilines is 1.